The molecular weight excluding hydrogens is 218 g/mol. The minimum absolute atomic E-state index is 0.152. The van der Waals surface area contributed by atoms with Crippen LogP contribution in [0.2, 0.25) is 0 Å². The van der Waals surface area contributed by atoms with Crippen LogP contribution in [0, 0.1) is 5.92 Å². The fourth-order valence-electron chi connectivity index (χ4n) is 1.23. The van der Waals surface area contributed by atoms with Crippen molar-refractivity contribution in [2.75, 3.05) is 32.1 Å². The number of carboxylic acid groups (broad SMARTS) is 1. The monoisotopic (exact) mass is 237 g/mol. The molecule has 0 aromatic heterocycles. The second kappa shape index (κ2) is 6.07. The zero-order valence-corrected chi connectivity index (χ0v) is 10.2. The number of aliphatic carboxylic acids is 1. The lowest BCUT2D eigenvalue weighted by Crippen LogP contribution is -2.30. The molecule has 15 heavy (non-hydrogen) atoms. The van der Waals surface area contributed by atoms with Crippen molar-refractivity contribution in [2.45, 2.75) is 13.3 Å². The second-order valence-corrected chi connectivity index (χ2v) is 6.24. The lowest BCUT2D eigenvalue weighted by atomic mass is 10.2. The van der Waals surface area contributed by atoms with Crippen molar-refractivity contribution in [1.82, 2.24) is 4.90 Å². The highest BCUT2D eigenvalue weighted by Gasteiger charge is 2.13. The van der Waals surface area contributed by atoms with Gasteiger partial charge in [-0.2, -0.15) is 0 Å². The maximum absolute atomic E-state index is 10.8. The molecule has 0 bridgehead atoms. The molecule has 0 rings (SSSR count). The molecule has 0 aromatic rings. The highest BCUT2D eigenvalue weighted by molar-refractivity contribution is 7.90. The van der Waals surface area contributed by atoms with Crippen LogP contribution in [0.25, 0.3) is 0 Å². The maximum Gasteiger partial charge on any atom is 0.307 e. The van der Waals surface area contributed by atoms with E-state index in [4.69, 9.17) is 5.11 Å². The van der Waals surface area contributed by atoms with Crippen molar-refractivity contribution in [3.63, 3.8) is 0 Å². The maximum atomic E-state index is 10.8. The van der Waals surface area contributed by atoms with Crippen molar-refractivity contribution in [1.29, 1.82) is 0 Å². The summed E-state index contributed by atoms with van der Waals surface area (Å²) < 4.78 is 21.7. The van der Waals surface area contributed by atoms with E-state index in [1.165, 1.54) is 6.26 Å². The highest BCUT2D eigenvalue weighted by atomic mass is 32.2. The van der Waals surface area contributed by atoms with Gasteiger partial charge in [0.2, 0.25) is 0 Å². The third kappa shape index (κ3) is 8.38. The van der Waals surface area contributed by atoms with E-state index in [9.17, 15) is 13.2 Å². The smallest absolute Gasteiger partial charge is 0.307 e. The van der Waals surface area contributed by atoms with Gasteiger partial charge in [0, 0.05) is 12.8 Å². The second-order valence-electron chi connectivity index (χ2n) is 3.98. The molecule has 0 amide bonds. The lowest BCUT2D eigenvalue weighted by Gasteiger charge is -2.18. The van der Waals surface area contributed by atoms with Gasteiger partial charge in [-0.3, -0.25) is 4.79 Å². The van der Waals surface area contributed by atoms with Gasteiger partial charge in [0.25, 0.3) is 0 Å². The predicted molar refractivity (Wildman–Crippen MR) is 58.6 cm³/mol. The predicted octanol–water partition coefficient (Wildman–Crippen LogP) is 0.0736. The Bertz CT molecular complexity index is 299. The van der Waals surface area contributed by atoms with Gasteiger partial charge in [-0.15, -0.1) is 0 Å². The van der Waals surface area contributed by atoms with Gasteiger partial charge in [0.05, 0.1) is 11.7 Å². The molecule has 0 aliphatic rings. The first-order chi connectivity index (χ1) is 6.72. The zero-order valence-electron chi connectivity index (χ0n) is 9.43. The summed E-state index contributed by atoms with van der Waals surface area (Å²) in [6.07, 6.45) is 1.74. The molecule has 0 aromatic carbocycles. The average Bonchev–Trinajstić information content (AvgIpc) is 2.01. The fourth-order valence-corrected chi connectivity index (χ4v) is 1.89. The summed E-state index contributed by atoms with van der Waals surface area (Å²) in [6, 6.07) is 0. The van der Waals surface area contributed by atoms with E-state index in [-0.39, 0.29) is 5.75 Å². The largest absolute Gasteiger partial charge is 0.481 e. The van der Waals surface area contributed by atoms with Crippen molar-refractivity contribution in [3.8, 4) is 0 Å². The molecule has 0 aliphatic carbocycles. The van der Waals surface area contributed by atoms with Gasteiger partial charge >= 0.3 is 5.97 Å². The normalized spacial score (nSPS) is 14.1. The molecule has 0 fully saturated rings. The molecule has 0 heterocycles. The molecule has 0 aliphatic heterocycles. The van der Waals surface area contributed by atoms with E-state index in [1.54, 1.807) is 14.0 Å². The number of hydrogen-bond acceptors (Lipinski definition) is 4. The standard InChI is InChI=1S/C9H19NO4S/c1-8(9(11)12)7-10(2)5-4-6-15(3,13)14/h8H,4-7H2,1-3H3,(H,11,12). The number of rotatable bonds is 7. The number of carbonyl (C=O) groups is 1. The van der Waals surface area contributed by atoms with Crippen molar-refractivity contribution in [3.05, 3.63) is 0 Å². The fraction of sp³-hybridized carbons (Fsp3) is 0.889. The van der Waals surface area contributed by atoms with Gasteiger partial charge in [0.1, 0.15) is 9.84 Å². The molecule has 0 saturated carbocycles. The Morgan fingerprint density at radius 2 is 2.00 bits per heavy atom. The molecule has 0 radical (unpaired) electrons. The van der Waals surface area contributed by atoms with E-state index in [2.05, 4.69) is 0 Å². The van der Waals surface area contributed by atoms with Gasteiger partial charge in [-0.25, -0.2) is 8.42 Å². The summed E-state index contributed by atoms with van der Waals surface area (Å²) in [7, 11) is -1.11. The van der Waals surface area contributed by atoms with E-state index in [0.717, 1.165) is 0 Å². The van der Waals surface area contributed by atoms with Crippen LogP contribution in [-0.2, 0) is 14.6 Å². The minimum atomic E-state index is -2.91. The Morgan fingerprint density at radius 3 is 2.40 bits per heavy atom. The Labute approximate surface area is 91.0 Å². The number of carboxylic acids is 1. The highest BCUT2D eigenvalue weighted by Crippen LogP contribution is 1.99. The van der Waals surface area contributed by atoms with Crippen molar-refractivity contribution >= 4 is 15.8 Å². The van der Waals surface area contributed by atoms with Crippen LogP contribution >= 0.6 is 0 Å². The number of sulfone groups is 1. The third-order valence-electron chi connectivity index (χ3n) is 2.06. The molecule has 1 N–H and O–H groups in total. The van der Waals surface area contributed by atoms with Crippen LogP contribution in [0.1, 0.15) is 13.3 Å². The Morgan fingerprint density at radius 1 is 1.47 bits per heavy atom. The molecule has 0 saturated heterocycles. The van der Waals surface area contributed by atoms with Gasteiger partial charge in [-0.05, 0) is 20.0 Å². The molecule has 1 unspecified atom stereocenters. The topological polar surface area (TPSA) is 74.7 Å². The Kier molecular flexibility index (Phi) is 5.82. The molecule has 1 atom stereocenters. The van der Waals surface area contributed by atoms with Gasteiger partial charge < -0.3 is 10.0 Å². The minimum Gasteiger partial charge on any atom is -0.481 e. The third-order valence-corrected chi connectivity index (χ3v) is 3.09. The molecular formula is C9H19NO4S. The van der Waals surface area contributed by atoms with Crippen LogP contribution < -0.4 is 0 Å². The van der Waals surface area contributed by atoms with Crippen LogP contribution in [0.5, 0.6) is 0 Å². The van der Waals surface area contributed by atoms with E-state index in [1.807, 2.05) is 4.90 Å². The quantitative estimate of drug-likeness (QED) is 0.678. The Balaban J connectivity index is 3.76. The average molecular weight is 237 g/mol. The summed E-state index contributed by atoms with van der Waals surface area (Å²) in [5.41, 5.74) is 0. The zero-order chi connectivity index (χ0) is 12.1. The SMILES string of the molecule is CC(CN(C)CCCS(C)(=O)=O)C(=O)O. The van der Waals surface area contributed by atoms with Crippen LogP contribution in [0.4, 0.5) is 0 Å². The first kappa shape index (κ1) is 14.4. The van der Waals surface area contributed by atoms with Crippen LogP contribution in [-0.4, -0.2) is 56.5 Å². The Hall–Kier alpha value is -0.620. The molecule has 0 spiro atoms. The van der Waals surface area contributed by atoms with Gasteiger partial charge in [-0.1, -0.05) is 6.92 Å². The molecule has 5 nitrogen and oxygen atoms in total. The van der Waals surface area contributed by atoms with Gasteiger partial charge in [0.15, 0.2) is 0 Å². The van der Waals surface area contributed by atoms with E-state index >= 15 is 0 Å². The summed E-state index contributed by atoms with van der Waals surface area (Å²) >= 11 is 0. The van der Waals surface area contributed by atoms with Crippen LogP contribution in [0.3, 0.4) is 0 Å². The molecule has 6 heteroatoms. The molecule has 90 valence electrons. The lowest BCUT2D eigenvalue weighted by molar-refractivity contribution is -0.141. The first-order valence-electron chi connectivity index (χ1n) is 4.81. The first-order valence-corrected chi connectivity index (χ1v) is 6.87. The summed E-state index contributed by atoms with van der Waals surface area (Å²) in [5.74, 6) is -1.10. The summed E-state index contributed by atoms with van der Waals surface area (Å²) in [5, 5.41) is 8.66. The van der Waals surface area contributed by atoms with Crippen molar-refractivity contribution in [2.24, 2.45) is 5.92 Å². The number of hydrogen-bond donors (Lipinski definition) is 1. The number of nitrogens with zero attached hydrogens (tertiary/aromatic N) is 1. The van der Waals surface area contributed by atoms with Crippen molar-refractivity contribution < 1.29 is 18.3 Å². The summed E-state index contributed by atoms with van der Waals surface area (Å²) in [6.45, 7) is 2.68. The van der Waals surface area contributed by atoms with E-state index < -0.39 is 21.7 Å². The summed E-state index contributed by atoms with van der Waals surface area (Å²) in [4.78, 5) is 12.4. The van der Waals surface area contributed by atoms with Crippen LogP contribution in [0.15, 0.2) is 0 Å². The van der Waals surface area contributed by atoms with E-state index in [0.29, 0.717) is 19.5 Å².